The third-order valence-electron chi connectivity index (χ3n) is 6.64. The third-order valence-corrected chi connectivity index (χ3v) is 6.64. The lowest BCUT2D eigenvalue weighted by Crippen LogP contribution is -2.54. The van der Waals surface area contributed by atoms with E-state index in [4.69, 9.17) is 5.73 Å². The van der Waals surface area contributed by atoms with E-state index in [2.05, 4.69) is 4.90 Å². The summed E-state index contributed by atoms with van der Waals surface area (Å²) in [7, 11) is 0. The smallest absolute Gasteiger partial charge is 0.228 e. The van der Waals surface area contributed by atoms with Gasteiger partial charge in [0, 0.05) is 13.1 Å². The van der Waals surface area contributed by atoms with E-state index in [9.17, 15) is 4.79 Å². The lowest BCUT2D eigenvalue weighted by atomic mass is 9.49. The molecule has 1 unspecified atom stereocenters. The van der Waals surface area contributed by atoms with Gasteiger partial charge in [-0.25, -0.2) is 0 Å². The summed E-state index contributed by atoms with van der Waals surface area (Å²) in [6, 6.07) is 0. The molecule has 4 aliphatic carbocycles. The van der Waals surface area contributed by atoms with Crippen LogP contribution in [0.1, 0.15) is 51.4 Å². The topological polar surface area (TPSA) is 46.3 Å². The van der Waals surface area contributed by atoms with Gasteiger partial charge < -0.3 is 10.6 Å². The molecule has 112 valence electrons. The molecule has 1 aliphatic heterocycles. The second-order valence-electron chi connectivity index (χ2n) is 8.18. The summed E-state index contributed by atoms with van der Waals surface area (Å²) < 4.78 is 0. The monoisotopic (exact) mass is 276 g/mol. The molecule has 3 heteroatoms. The fourth-order valence-corrected chi connectivity index (χ4v) is 6.20. The van der Waals surface area contributed by atoms with Crippen molar-refractivity contribution in [1.29, 1.82) is 0 Å². The van der Waals surface area contributed by atoms with E-state index in [-0.39, 0.29) is 5.41 Å². The second kappa shape index (κ2) is 4.72. The van der Waals surface area contributed by atoms with Gasteiger partial charge >= 0.3 is 0 Å². The molecule has 20 heavy (non-hydrogen) atoms. The molecule has 5 fully saturated rings. The van der Waals surface area contributed by atoms with Crippen molar-refractivity contribution >= 4 is 5.91 Å². The molecule has 1 heterocycles. The van der Waals surface area contributed by atoms with Crippen molar-refractivity contribution < 1.29 is 4.79 Å². The highest BCUT2D eigenvalue weighted by Gasteiger charge is 2.55. The third kappa shape index (κ3) is 2.01. The highest BCUT2D eigenvalue weighted by atomic mass is 16.2. The van der Waals surface area contributed by atoms with Crippen LogP contribution in [0.5, 0.6) is 0 Å². The molecule has 3 nitrogen and oxygen atoms in total. The number of hydrogen-bond acceptors (Lipinski definition) is 2. The van der Waals surface area contributed by atoms with Crippen molar-refractivity contribution in [2.75, 3.05) is 19.6 Å². The van der Waals surface area contributed by atoms with E-state index in [0.717, 1.165) is 43.8 Å². The molecule has 4 bridgehead atoms. The SMILES string of the molecule is NCCC1CCN(C(=O)C23CC4CC(CC(C4)C2)C3)C1. The minimum Gasteiger partial charge on any atom is -0.342 e. The van der Waals surface area contributed by atoms with E-state index < -0.39 is 0 Å². The number of amides is 1. The average molecular weight is 276 g/mol. The summed E-state index contributed by atoms with van der Waals surface area (Å²) in [4.78, 5) is 15.3. The fraction of sp³-hybridized carbons (Fsp3) is 0.941. The zero-order valence-electron chi connectivity index (χ0n) is 12.5. The number of rotatable bonds is 3. The van der Waals surface area contributed by atoms with E-state index >= 15 is 0 Å². The van der Waals surface area contributed by atoms with Crippen molar-refractivity contribution in [3.05, 3.63) is 0 Å². The van der Waals surface area contributed by atoms with Gasteiger partial charge in [0.25, 0.3) is 0 Å². The maximum atomic E-state index is 13.1. The Balaban J connectivity index is 1.48. The summed E-state index contributed by atoms with van der Waals surface area (Å²) >= 11 is 0. The zero-order valence-corrected chi connectivity index (χ0v) is 12.5. The molecule has 0 aromatic carbocycles. The molecular formula is C17H28N2O. The Morgan fingerprint density at radius 2 is 1.70 bits per heavy atom. The van der Waals surface area contributed by atoms with Gasteiger partial charge in [-0.3, -0.25) is 4.79 Å². The standard InChI is InChI=1S/C17H28N2O/c18-3-1-12-2-4-19(11-12)16(20)17-8-13-5-14(9-17)7-15(6-13)10-17/h12-15H,1-11,18H2. The van der Waals surface area contributed by atoms with Crippen molar-refractivity contribution in [3.63, 3.8) is 0 Å². The average Bonchev–Trinajstić information content (AvgIpc) is 2.85. The Kier molecular flexibility index (Phi) is 3.10. The van der Waals surface area contributed by atoms with Crippen molar-refractivity contribution in [1.82, 2.24) is 4.90 Å². The molecule has 2 N–H and O–H groups in total. The Hall–Kier alpha value is -0.570. The van der Waals surface area contributed by atoms with Gasteiger partial charge in [0.2, 0.25) is 5.91 Å². The van der Waals surface area contributed by atoms with E-state index in [1.807, 2.05) is 0 Å². The summed E-state index contributed by atoms with van der Waals surface area (Å²) in [6.45, 7) is 2.74. The molecule has 0 aromatic heterocycles. The van der Waals surface area contributed by atoms with E-state index in [0.29, 0.717) is 11.8 Å². The molecule has 5 rings (SSSR count). The first-order valence-corrected chi connectivity index (χ1v) is 8.68. The maximum Gasteiger partial charge on any atom is 0.228 e. The van der Waals surface area contributed by atoms with E-state index in [1.54, 1.807) is 0 Å². The van der Waals surface area contributed by atoms with Crippen LogP contribution in [0.15, 0.2) is 0 Å². The predicted octanol–water partition coefficient (Wildman–Crippen LogP) is 2.40. The molecule has 4 saturated carbocycles. The van der Waals surface area contributed by atoms with Gasteiger partial charge in [-0.2, -0.15) is 0 Å². The fourth-order valence-electron chi connectivity index (χ4n) is 6.20. The Bertz CT molecular complexity index is 371. The molecule has 1 saturated heterocycles. The van der Waals surface area contributed by atoms with Gasteiger partial charge in [-0.15, -0.1) is 0 Å². The number of carbonyl (C=O) groups excluding carboxylic acids is 1. The Labute approximate surface area is 122 Å². The molecule has 1 atom stereocenters. The minimum atomic E-state index is 0.0619. The molecular weight excluding hydrogens is 248 g/mol. The van der Waals surface area contributed by atoms with Crippen LogP contribution in [0, 0.1) is 29.1 Å². The van der Waals surface area contributed by atoms with Gasteiger partial charge in [0.1, 0.15) is 0 Å². The number of carbonyl (C=O) groups is 1. The van der Waals surface area contributed by atoms with Crippen LogP contribution < -0.4 is 5.73 Å². The summed E-state index contributed by atoms with van der Waals surface area (Å²) in [5.41, 5.74) is 5.73. The van der Waals surface area contributed by atoms with Crippen LogP contribution in [0.4, 0.5) is 0 Å². The first-order chi connectivity index (χ1) is 9.68. The van der Waals surface area contributed by atoms with Crippen LogP contribution in [0.25, 0.3) is 0 Å². The molecule has 0 radical (unpaired) electrons. The summed E-state index contributed by atoms with van der Waals surface area (Å²) in [5, 5.41) is 0. The van der Waals surface area contributed by atoms with Crippen LogP contribution >= 0.6 is 0 Å². The second-order valence-corrected chi connectivity index (χ2v) is 8.18. The van der Waals surface area contributed by atoms with Gasteiger partial charge in [-0.05, 0) is 81.6 Å². The Morgan fingerprint density at radius 3 is 2.25 bits per heavy atom. The van der Waals surface area contributed by atoms with Gasteiger partial charge in [0.05, 0.1) is 5.41 Å². The lowest BCUT2D eigenvalue weighted by molar-refractivity contribution is -0.156. The maximum absolute atomic E-state index is 13.1. The van der Waals surface area contributed by atoms with E-state index in [1.165, 1.54) is 44.9 Å². The normalized spacial score (nSPS) is 46.1. The van der Waals surface area contributed by atoms with Crippen molar-refractivity contribution in [2.45, 2.75) is 51.4 Å². The molecule has 5 aliphatic rings. The quantitative estimate of drug-likeness (QED) is 0.860. The van der Waals surface area contributed by atoms with Crippen LogP contribution in [-0.2, 0) is 4.79 Å². The molecule has 1 amide bonds. The van der Waals surface area contributed by atoms with Gasteiger partial charge in [0.15, 0.2) is 0 Å². The summed E-state index contributed by atoms with van der Waals surface area (Å²) in [6.07, 6.45) is 10.1. The predicted molar refractivity (Wildman–Crippen MR) is 79.0 cm³/mol. The molecule has 0 aromatic rings. The van der Waals surface area contributed by atoms with Gasteiger partial charge in [-0.1, -0.05) is 0 Å². The number of nitrogens with two attached hydrogens (primary N) is 1. The number of hydrogen-bond donors (Lipinski definition) is 1. The van der Waals surface area contributed by atoms with Crippen LogP contribution in [0.2, 0.25) is 0 Å². The minimum absolute atomic E-state index is 0.0619. The highest BCUT2D eigenvalue weighted by molar-refractivity contribution is 5.83. The first-order valence-electron chi connectivity index (χ1n) is 8.68. The number of nitrogens with zero attached hydrogens (tertiary/aromatic N) is 1. The summed E-state index contributed by atoms with van der Waals surface area (Å²) in [5.74, 6) is 3.79. The lowest BCUT2D eigenvalue weighted by Gasteiger charge is -2.56. The van der Waals surface area contributed by atoms with Crippen LogP contribution in [0.3, 0.4) is 0 Å². The van der Waals surface area contributed by atoms with Crippen molar-refractivity contribution in [3.8, 4) is 0 Å². The Morgan fingerprint density at radius 1 is 1.10 bits per heavy atom. The van der Waals surface area contributed by atoms with Crippen molar-refractivity contribution in [2.24, 2.45) is 34.8 Å². The highest BCUT2D eigenvalue weighted by Crippen LogP contribution is 2.60. The molecule has 0 spiro atoms. The first kappa shape index (κ1) is 13.1. The zero-order chi connectivity index (χ0) is 13.7. The number of likely N-dealkylation sites (tertiary alicyclic amines) is 1. The van der Waals surface area contributed by atoms with Crippen LogP contribution in [-0.4, -0.2) is 30.4 Å². The largest absolute Gasteiger partial charge is 0.342 e.